The highest BCUT2D eigenvalue weighted by molar-refractivity contribution is 7.20. The molecule has 1 aliphatic rings. The Bertz CT molecular complexity index is 968. The molecule has 1 amide bonds. The molecule has 1 fully saturated rings. The van der Waals surface area contributed by atoms with E-state index in [1.165, 1.54) is 11.3 Å². The number of fused-ring (bicyclic) bond motifs is 1. The van der Waals surface area contributed by atoms with E-state index in [0.29, 0.717) is 13.1 Å². The van der Waals surface area contributed by atoms with Crippen LogP contribution in [0.2, 0.25) is 5.02 Å². The third-order valence-electron chi connectivity index (χ3n) is 5.01. The van der Waals surface area contributed by atoms with Crippen LogP contribution in [-0.4, -0.2) is 39.7 Å². The van der Waals surface area contributed by atoms with Crippen LogP contribution < -0.4 is 5.73 Å². The molecular formula is C19H22Cl2N4OS. The first-order valence-electron chi connectivity index (χ1n) is 8.80. The summed E-state index contributed by atoms with van der Waals surface area (Å²) in [5.74, 6) is 0.0860. The smallest absolute Gasteiger partial charge is 0.264 e. The number of halogens is 2. The molecule has 0 saturated carbocycles. The Hall–Kier alpha value is -1.60. The second kappa shape index (κ2) is 8.19. The molecule has 1 atom stereocenters. The van der Waals surface area contributed by atoms with Crippen molar-refractivity contribution in [1.29, 1.82) is 0 Å². The monoisotopic (exact) mass is 424 g/mol. The van der Waals surface area contributed by atoms with Crippen LogP contribution >= 0.6 is 35.3 Å². The van der Waals surface area contributed by atoms with Gasteiger partial charge in [-0.2, -0.15) is 5.10 Å². The molecule has 144 valence electrons. The largest absolute Gasteiger partial charge is 0.334 e. The molecule has 1 unspecified atom stereocenters. The van der Waals surface area contributed by atoms with Gasteiger partial charge in [0.1, 0.15) is 4.83 Å². The van der Waals surface area contributed by atoms with Crippen LogP contribution in [0.25, 0.3) is 10.2 Å². The fourth-order valence-electron chi connectivity index (χ4n) is 3.60. The van der Waals surface area contributed by atoms with Crippen LogP contribution in [0.5, 0.6) is 0 Å². The Morgan fingerprint density at radius 2 is 2.19 bits per heavy atom. The lowest BCUT2D eigenvalue weighted by Gasteiger charge is -2.22. The minimum absolute atomic E-state index is 0. The number of hydrogen-bond acceptors (Lipinski definition) is 4. The van der Waals surface area contributed by atoms with Gasteiger partial charge in [-0.3, -0.25) is 9.48 Å². The lowest BCUT2D eigenvalue weighted by molar-refractivity contribution is 0.0746. The third kappa shape index (κ3) is 3.72. The maximum absolute atomic E-state index is 12.9. The van der Waals surface area contributed by atoms with E-state index in [1.54, 1.807) is 0 Å². The first kappa shape index (κ1) is 20.1. The zero-order valence-electron chi connectivity index (χ0n) is 15.0. The first-order valence-corrected chi connectivity index (χ1v) is 9.99. The van der Waals surface area contributed by atoms with Gasteiger partial charge in [0, 0.05) is 29.5 Å². The average Bonchev–Trinajstić information content (AvgIpc) is 3.34. The summed E-state index contributed by atoms with van der Waals surface area (Å²) in [4.78, 5) is 16.6. The van der Waals surface area contributed by atoms with Gasteiger partial charge in [-0.15, -0.1) is 23.7 Å². The molecule has 1 aromatic carbocycles. The Balaban J connectivity index is 0.00000210. The number of nitrogens with two attached hydrogens (primary N) is 1. The number of carbonyl (C=O) groups excluding carboxylic acids is 1. The Kier molecular flexibility index (Phi) is 6.11. The zero-order valence-corrected chi connectivity index (χ0v) is 17.4. The second-order valence-corrected chi connectivity index (χ2v) is 8.13. The van der Waals surface area contributed by atoms with Crippen molar-refractivity contribution in [1.82, 2.24) is 14.7 Å². The highest BCUT2D eigenvalue weighted by atomic mass is 35.5. The molecule has 1 saturated heterocycles. The number of aryl methyl sites for hydroxylation is 1. The molecular weight excluding hydrogens is 403 g/mol. The maximum Gasteiger partial charge on any atom is 0.264 e. The van der Waals surface area contributed by atoms with E-state index in [0.717, 1.165) is 50.8 Å². The predicted molar refractivity (Wildman–Crippen MR) is 113 cm³/mol. The molecule has 1 aliphatic heterocycles. The minimum Gasteiger partial charge on any atom is -0.334 e. The lowest BCUT2D eigenvalue weighted by Crippen LogP contribution is -2.39. The quantitative estimate of drug-likeness (QED) is 0.685. The molecule has 27 heavy (non-hydrogen) atoms. The molecule has 0 radical (unpaired) electrons. The molecule has 2 N–H and O–H groups in total. The van der Waals surface area contributed by atoms with Gasteiger partial charge in [0.05, 0.1) is 17.1 Å². The number of rotatable bonds is 4. The minimum atomic E-state index is 0. The summed E-state index contributed by atoms with van der Waals surface area (Å²) in [6, 6.07) is 9.91. The van der Waals surface area contributed by atoms with Gasteiger partial charge in [-0.1, -0.05) is 29.8 Å². The van der Waals surface area contributed by atoms with E-state index in [4.69, 9.17) is 17.3 Å². The Morgan fingerprint density at radius 3 is 2.93 bits per heavy atom. The summed E-state index contributed by atoms with van der Waals surface area (Å²) in [6.07, 6.45) is 2.02. The second-order valence-electron chi connectivity index (χ2n) is 6.69. The van der Waals surface area contributed by atoms with Gasteiger partial charge in [0.2, 0.25) is 0 Å². The van der Waals surface area contributed by atoms with Crippen LogP contribution in [0.3, 0.4) is 0 Å². The van der Waals surface area contributed by atoms with Gasteiger partial charge in [-0.25, -0.2) is 0 Å². The molecule has 0 aliphatic carbocycles. The standard InChI is InChI=1S/C19H21ClN4OS.ClH/c1-12-15-9-17(18(25)23-8-4-6-14(23)10-21)26-19(15)24(22-12)11-13-5-2-3-7-16(13)20;/h2-3,5,7,9,14H,4,6,8,10-11,21H2,1H3;1H. The molecule has 3 aromatic rings. The first-order chi connectivity index (χ1) is 12.6. The van der Waals surface area contributed by atoms with Gasteiger partial charge >= 0.3 is 0 Å². The van der Waals surface area contributed by atoms with E-state index >= 15 is 0 Å². The van der Waals surface area contributed by atoms with Crippen molar-refractivity contribution in [2.75, 3.05) is 13.1 Å². The SMILES string of the molecule is Cc1nn(Cc2ccccc2Cl)c2sc(C(=O)N3CCCC3CN)cc12.Cl. The Morgan fingerprint density at radius 1 is 1.41 bits per heavy atom. The number of nitrogens with zero attached hydrogens (tertiary/aromatic N) is 3. The fourth-order valence-corrected chi connectivity index (χ4v) is 4.92. The van der Waals surface area contributed by atoms with Crippen molar-refractivity contribution in [3.05, 3.63) is 51.5 Å². The number of carbonyl (C=O) groups is 1. The van der Waals surface area contributed by atoms with E-state index in [1.807, 2.05) is 46.8 Å². The zero-order chi connectivity index (χ0) is 18.3. The van der Waals surface area contributed by atoms with Gasteiger partial charge in [-0.05, 0) is 37.5 Å². The number of thiophene rings is 1. The number of aromatic nitrogens is 2. The van der Waals surface area contributed by atoms with E-state index in [2.05, 4.69) is 5.10 Å². The van der Waals surface area contributed by atoms with Crippen molar-refractivity contribution in [2.45, 2.75) is 32.4 Å². The summed E-state index contributed by atoms with van der Waals surface area (Å²) in [7, 11) is 0. The summed E-state index contributed by atoms with van der Waals surface area (Å²) in [5, 5.41) is 6.40. The van der Waals surface area contributed by atoms with Crippen LogP contribution in [-0.2, 0) is 6.54 Å². The third-order valence-corrected chi connectivity index (χ3v) is 6.51. The Labute approximate surface area is 173 Å². The summed E-state index contributed by atoms with van der Waals surface area (Å²) in [5.41, 5.74) is 7.77. The van der Waals surface area contributed by atoms with Crippen LogP contribution in [0.1, 0.15) is 33.8 Å². The summed E-state index contributed by atoms with van der Waals surface area (Å²) >= 11 is 7.80. The highest BCUT2D eigenvalue weighted by Gasteiger charge is 2.30. The molecule has 5 nitrogen and oxygen atoms in total. The maximum atomic E-state index is 12.9. The number of benzene rings is 1. The van der Waals surface area contributed by atoms with Crippen molar-refractivity contribution in [2.24, 2.45) is 5.73 Å². The van der Waals surface area contributed by atoms with Crippen molar-refractivity contribution in [3.8, 4) is 0 Å². The normalized spacial score (nSPS) is 16.7. The summed E-state index contributed by atoms with van der Waals surface area (Å²) in [6.45, 7) is 3.88. The van der Waals surface area contributed by atoms with Crippen molar-refractivity contribution < 1.29 is 4.79 Å². The van der Waals surface area contributed by atoms with Crippen LogP contribution in [0, 0.1) is 6.92 Å². The predicted octanol–water partition coefficient (Wildman–Crippen LogP) is 4.09. The van der Waals surface area contributed by atoms with Crippen molar-refractivity contribution in [3.63, 3.8) is 0 Å². The number of likely N-dealkylation sites (tertiary alicyclic amines) is 1. The van der Waals surface area contributed by atoms with E-state index in [9.17, 15) is 4.79 Å². The summed E-state index contributed by atoms with van der Waals surface area (Å²) < 4.78 is 1.94. The molecule has 0 spiro atoms. The van der Waals surface area contributed by atoms with Gasteiger partial charge in [0.25, 0.3) is 5.91 Å². The topological polar surface area (TPSA) is 64.2 Å². The molecule has 2 aromatic heterocycles. The van der Waals surface area contributed by atoms with E-state index < -0.39 is 0 Å². The van der Waals surface area contributed by atoms with Gasteiger partial charge < -0.3 is 10.6 Å². The molecule has 3 heterocycles. The molecule has 8 heteroatoms. The average molecular weight is 425 g/mol. The van der Waals surface area contributed by atoms with E-state index in [-0.39, 0.29) is 24.4 Å². The van der Waals surface area contributed by atoms with Gasteiger partial charge in [0.15, 0.2) is 0 Å². The lowest BCUT2D eigenvalue weighted by atomic mass is 10.2. The van der Waals surface area contributed by atoms with Crippen molar-refractivity contribution >= 4 is 51.5 Å². The fraction of sp³-hybridized carbons (Fsp3) is 0.368. The number of hydrogen-bond donors (Lipinski definition) is 1. The van der Waals surface area contributed by atoms with Crippen LogP contribution in [0.15, 0.2) is 30.3 Å². The molecule has 4 rings (SSSR count). The number of amides is 1. The van der Waals surface area contributed by atoms with Crippen LogP contribution in [0.4, 0.5) is 0 Å². The highest BCUT2D eigenvalue weighted by Crippen LogP contribution is 2.31. The molecule has 0 bridgehead atoms.